The number of likely N-dealkylation sites (tertiary alicyclic amines) is 1. The summed E-state index contributed by atoms with van der Waals surface area (Å²) in [5.41, 5.74) is 6.46. The normalized spacial score (nSPS) is 41.0. The van der Waals surface area contributed by atoms with Crippen molar-refractivity contribution in [2.45, 2.75) is 83.3 Å². The highest BCUT2D eigenvalue weighted by molar-refractivity contribution is 5.82. The number of alkyl halides is 3. The molecule has 0 aromatic rings. The van der Waals surface area contributed by atoms with Gasteiger partial charge in [-0.1, -0.05) is 19.8 Å². The van der Waals surface area contributed by atoms with Crippen molar-refractivity contribution in [3.8, 4) is 0 Å². The Labute approximate surface area is 189 Å². The lowest BCUT2D eigenvalue weighted by molar-refractivity contribution is -0.206. The predicted molar refractivity (Wildman–Crippen MR) is 115 cm³/mol. The summed E-state index contributed by atoms with van der Waals surface area (Å²) in [6.45, 7) is 4.85. The van der Waals surface area contributed by atoms with Crippen LogP contribution in [-0.4, -0.2) is 65.6 Å². The Kier molecular flexibility index (Phi) is 7.11. The molecule has 2 aliphatic carbocycles. The van der Waals surface area contributed by atoms with Gasteiger partial charge in [-0.15, -0.1) is 0 Å². The maximum Gasteiger partial charge on any atom is 0.392 e. The molecule has 0 radical (unpaired) electrons. The molecular formula is C23H39F3N4O2. The summed E-state index contributed by atoms with van der Waals surface area (Å²) in [7, 11) is 2.08. The lowest BCUT2D eigenvalue weighted by Gasteiger charge is -2.39. The number of amides is 1. The van der Waals surface area contributed by atoms with Gasteiger partial charge in [0.2, 0.25) is 5.91 Å². The van der Waals surface area contributed by atoms with E-state index in [2.05, 4.69) is 29.7 Å². The Bertz CT molecular complexity index is 676. The van der Waals surface area contributed by atoms with Crippen LogP contribution in [0.2, 0.25) is 0 Å². The number of hydrogen-bond donors (Lipinski definition) is 3. The van der Waals surface area contributed by atoms with Crippen LogP contribution in [0.4, 0.5) is 13.2 Å². The first-order valence-corrected chi connectivity index (χ1v) is 12.3. The van der Waals surface area contributed by atoms with Crippen molar-refractivity contribution in [2.24, 2.45) is 35.5 Å². The van der Waals surface area contributed by atoms with E-state index in [1.807, 2.05) is 0 Å². The lowest BCUT2D eigenvalue weighted by atomic mass is 9.67. The number of fused-ring (bicyclic) bond motifs is 1. The molecule has 184 valence electrons. The molecule has 0 aromatic carbocycles. The van der Waals surface area contributed by atoms with Gasteiger partial charge in [0.05, 0.1) is 24.9 Å². The molecule has 9 heteroatoms. The van der Waals surface area contributed by atoms with Crippen molar-refractivity contribution in [1.82, 2.24) is 20.7 Å². The summed E-state index contributed by atoms with van der Waals surface area (Å²) >= 11 is 0. The third-order valence-corrected chi connectivity index (χ3v) is 8.91. The van der Waals surface area contributed by atoms with Gasteiger partial charge in [0.25, 0.3) is 0 Å². The van der Waals surface area contributed by atoms with Gasteiger partial charge in [-0.25, -0.2) is 10.9 Å². The Hall–Kier alpha value is -0.900. The highest BCUT2D eigenvalue weighted by atomic mass is 19.4. The van der Waals surface area contributed by atoms with Gasteiger partial charge in [0.1, 0.15) is 0 Å². The third-order valence-electron chi connectivity index (χ3n) is 8.91. The molecule has 9 atom stereocenters. The van der Waals surface area contributed by atoms with Gasteiger partial charge >= 0.3 is 6.18 Å². The first kappa shape index (κ1) is 24.2. The molecule has 4 rings (SSSR count). The van der Waals surface area contributed by atoms with Crippen molar-refractivity contribution >= 4 is 5.91 Å². The highest BCUT2D eigenvalue weighted by Crippen LogP contribution is 2.51. The first-order chi connectivity index (χ1) is 15.1. The molecule has 2 aliphatic heterocycles. The lowest BCUT2D eigenvalue weighted by Crippen LogP contribution is -2.43. The van der Waals surface area contributed by atoms with E-state index in [0.29, 0.717) is 18.3 Å². The van der Waals surface area contributed by atoms with Gasteiger partial charge in [-0.2, -0.15) is 13.2 Å². The zero-order valence-corrected chi connectivity index (χ0v) is 19.4. The van der Waals surface area contributed by atoms with Crippen molar-refractivity contribution < 1.29 is 23.1 Å². The van der Waals surface area contributed by atoms with E-state index in [-0.39, 0.29) is 31.1 Å². The largest absolute Gasteiger partial charge is 0.393 e. The minimum atomic E-state index is -4.33. The molecule has 6 nitrogen and oxygen atoms in total. The summed E-state index contributed by atoms with van der Waals surface area (Å²) in [5, 5.41) is 10.0. The van der Waals surface area contributed by atoms with Crippen LogP contribution in [0.3, 0.4) is 0 Å². The number of aliphatic hydroxyl groups is 1. The number of hydrazine groups is 1. The molecule has 3 N–H and O–H groups in total. The molecule has 4 fully saturated rings. The van der Waals surface area contributed by atoms with Gasteiger partial charge in [0, 0.05) is 18.5 Å². The fourth-order valence-electron chi connectivity index (χ4n) is 6.84. The molecule has 4 aliphatic rings. The van der Waals surface area contributed by atoms with E-state index < -0.39 is 36.0 Å². The Morgan fingerprint density at radius 3 is 2.53 bits per heavy atom. The van der Waals surface area contributed by atoms with Crippen molar-refractivity contribution in [3.63, 3.8) is 0 Å². The molecule has 8 unspecified atom stereocenters. The number of rotatable bonds is 5. The summed E-state index contributed by atoms with van der Waals surface area (Å²) in [6, 6.07) is 0.0422. The van der Waals surface area contributed by atoms with Gasteiger partial charge in [0.15, 0.2) is 0 Å². The van der Waals surface area contributed by atoms with E-state index in [1.54, 1.807) is 11.8 Å². The number of halogens is 3. The van der Waals surface area contributed by atoms with Crippen LogP contribution in [0.15, 0.2) is 0 Å². The van der Waals surface area contributed by atoms with E-state index in [0.717, 1.165) is 38.8 Å². The minimum Gasteiger partial charge on any atom is -0.393 e. The van der Waals surface area contributed by atoms with E-state index >= 15 is 0 Å². The molecule has 1 amide bonds. The first-order valence-electron chi connectivity index (χ1n) is 12.3. The molecular weight excluding hydrogens is 421 g/mol. The summed E-state index contributed by atoms with van der Waals surface area (Å²) < 4.78 is 41.6. The monoisotopic (exact) mass is 460 g/mol. The summed E-state index contributed by atoms with van der Waals surface area (Å²) in [6.07, 6.45) is 0.353. The van der Waals surface area contributed by atoms with Gasteiger partial charge in [-0.05, 0) is 69.7 Å². The standard InChI is InChI=1S/C23H39F3N4O2/c1-13(7-21-28-27-12-29(21)3)15-5-4-6-17(8-15)30-11-19-18(22(30)32)9-16(14(2)31)10-20(19)23(24,25)26/h13-21,27-28,31H,4-12H2,1-3H3/t13-,14?,15?,16?,17?,18?,19?,20?,21?/m1/s1. The number of aliphatic hydroxyl groups excluding tert-OH is 1. The van der Waals surface area contributed by atoms with Gasteiger partial charge < -0.3 is 10.0 Å². The van der Waals surface area contributed by atoms with Gasteiger partial charge in [-0.3, -0.25) is 9.69 Å². The fourth-order valence-corrected chi connectivity index (χ4v) is 6.84. The highest BCUT2D eigenvalue weighted by Gasteiger charge is 2.58. The predicted octanol–water partition coefficient (Wildman–Crippen LogP) is 2.94. The maximum atomic E-state index is 13.9. The average Bonchev–Trinajstić information content (AvgIpc) is 3.29. The number of carbonyl (C=O) groups is 1. The zero-order chi connectivity index (χ0) is 23.2. The maximum absolute atomic E-state index is 13.9. The quantitative estimate of drug-likeness (QED) is 0.589. The molecule has 2 saturated heterocycles. The van der Waals surface area contributed by atoms with Crippen molar-refractivity contribution in [1.29, 1.82) is 0 Å². The van der Waals surface area contributed by atoms with Crippen LogP contribution in [0.5, 0.6) is 0 Å². The second-order valence-corrected chi connectivity index (χ2v) is 10.9. The number of carbonyl (C=O) groups excluding carboxylic acids is 1. The fraction of sp³-hybridized carbons (Fsp3) is 0.957. The summed E-state index contributed by atoms with van der Waals surface area (Å²) in [4.78, 5) is 17.4. The molecule has 32 heavy (non-hydrogen) atoms. The Morgan fingerprint density at radius 1 is 1.16 bits per heavy atom. The van der Waals surface area contributed by atoms with Crippen molar-refractivity contribution in [2.75, 3.05) is 20.3 Å². The van der Waals surface area contributed by atoms with E-state index in [1.165, 1.54) is 0 Å². The van der Waals surface area contributed by atoms with Crippen LogP contribution < -0.4 is 10.9 Å². The van der Waals surface area contributed by atoms with Crippen LogP contribution >= 0.6 is 0 Å². The molecule has 0 spiro atoms. The van der Waals surface area contributed by atoms with E-state index in [4.69, 9.17) is 0 Å². The van der Waals surface area contributed by atoms with Crippen LogP contribution in [-0.2, 0) is 4.79 Å². The Balaban J connectivity index is 1.44. The zero-order valence-electron chi connectivity index (χ0n) is 19.4. The second kappa shape index (κ2) is 9.39. The second-order valence-electron chi connectivity index (χ2n) is 10.9. The number of nitrogens with one attached hydrogen (secondary N) is 2. The van der Waals surface area contributed by atoms with E-state index in [9.17, 15) is 23.1 Å². The SMILES string of the molecule is CC(O)C1CC2C(=O)N(C3CCCC([C@H](C)CC4NNCN4C)C3)CC2C(C(F)(F)F)C1. The number of nitrogens with zero attached hydrogens (tertiary/aromatic N) is 2. The average molecular weight is 461 g/mol. The van der Waals surface area contributed by atoms with Crippen molar-refractivity contribution in [3.05, 3.63) is 0 Å². The van der Waals surface area contributed by atoms with Crippen LogP contribution in [0.25, 0.3) is 0 Å². The smallest absolute Gasteiger partial charge is 0.392 e. The molecule has 0 bridgehead atoms. The molecule has 2 heterocycles. The number of hydrogen-bond acceptors (Lipinski definition) is 5. The Morgan fingerprint density at radius 2 is 1.91 bits per heavy atom. The summed E-state index contributed by atoms with van der Waals surface area (Å²) in [5.74, 6) is -2.38. The molecule has 2 saturated carbocycles. The topological polar surface area (TPSA) is 67.8 Å². The third kappa shape index (κ3) is 4.81. The molecule has 0 aromatic heterocycles. The van der Waals surface area contributed by atoms with Crippen LogP contribution in [0, 0.1) is 35.5 Å². The minimum absolute atomic E-state index is 0.0422. The van der Waals surface area contributed by atoms with Crippen LogP contribution in [0.1, 0.15) is 58.8 Å².